The van der Waals surface area contributed by atoms with E-state index in [1.54, 1.807) is 20.8 Å². The summed E-state index contributed by atoms with van der Waals surface area (Å²) in [6.07, 6.45) is -0.428. The molecule has 5 nitrogen and oxygen atoms in total. The number of halogens is 1. The van der Waals surface area contributed by atoms with Gasteiger partial charge in [0.15, 0.2) is 0 Å². The molecule has 1 unspecified atom stereocenters. The summed E-state index contributed by atoms with van der Waals surface area (Å²) in [7, 11) is 0. The lowest BCUT2D eigenvalue weighted by atomic mass is 10.0. The first kappa shape index (κ1) is 21.2. The Balaban J connectivity index is 2.32. The van der Waals surface area contributed by atoms with Crippen LogP contribution in [-0.4, -0.2) is 33.7 Å². The fourth-order valence-corrected chi connectivity index (χ4v) is 2.94. The van der Waals surface area contributed by atoms with Crippen LogP contribution in [0.3, 0.4) is 0 Å². The molecule has 0 bridgehead atoms. The van der Waals surface area contributed by atoms with Crippen molar-refractivity contribution in [2.45, 2.75) is 45.4 Å². The monoisotopic (exact) mass is 481 g/mol. The highest BCUT2D eigenvalue weighted by Crippen LogP contribution is 2.19. The number of carboxylic acid groups (broad SMARTS) is 1. The van der Waals surface area contributed by atoms with Crippen LogP contribution in [-0.2, 0) is 22.5 Å². The number of ether oxygens (including phenoxy) is 1. The van der Waals surface area contributed by atoms with Crippen molar-refractivity contribution in [3.05, 3.63) is 69.3 Å². The SMILES string of the molecule is CC(C)(C)OC(=O)N(Cc1ccccc1)C(Cc1ccc(I)cc1)C(=O)O. The van der Waals surface area contributed by atoms with E-state index in [0.717, 1.165) is 14.7 Å². The molecule has 2 aromatic carbocycles. The van der Waals surface area contributed by atoms with Crippen molar-refractivity contribution >= 4 is 34.7 Å². The molecule has 0 radical (unpaired) electrons. The number of carbonyl (C=O) groups is 2. The number of hydrogen-bond acceptors (Lipinski definition) is 3. The van der Waals surface area contributed by atoms with Gasteiger partial charge in [0.1, 0.15) is 11.6 Å². The Morgan fingerprint density at radius 1 is 1.04 bits per heavy atom. The molecule has 144 valence electrons. The highest BCUT2D eigenvalue weighted by molar-refractivity contribution is 14.1. The minimum Gasteiger partial charge on any atom is -0.480 e. The summed E-state index contributed by atoms with van der Waals surface area (Å²) < 4.78 is 6.55. The second-order valence-corrected chi connectivity index (χ2v) is 8.52. The Labute approximate surface area is 173 Å². The maximum Gasteiger partial charge on any atom is 0.411 e. The second-order valence-electron chi connectivity index (χ2n) is 7.28. The lowest BCUT2D eigenvalue weighted by molar-refractivity contribution is -0.143. The minimum atomic E-state index is -1.06. The van der Waals surface area contributed by atoms with Gasteiger partial charge in [-0.25, -0.2) is 9.59 Å². The smallest absolute Gasteiger partial charge is 0.411 e. The van der Waals surface area contributed by atoms with Gasteiger partial charge in [0, 0.05) is 16.5 Å². The predicted molar refractivity (Wildman–Crippen MR) is 113 cm³/mol. The van der Waals surface area contributed by atoms with Gasteiger partial charge in [-0.05, 0) is 66.6 Å². The molecular formula is C21H24INO4. The van der Waals surface area contributed by atoms with Crippen LogP contribution in [0.2, 0.25) is 0 Å². The highest BCUT2D eigenvalue weighted by atomic mass is 127. The van der Waals surface area contributed by atoms with E-state index < -0.39 is 23.7 Å². The summed E-state index contributed by atoms with van der Waals surface area (Å²) in [6.45, 7) is 5.46. The maximum atomic E-state index is 12.8. The van der Waals surface area contributed by atoms with Crippen LogP contribution in [0, 0.1) is 3.57 Å². The molecule has 0 aliphatic rings. The normalized spacial score (nSPS) is 12.3. The summed E-state index contributed by atoms with van der Waals surface area (Å²) in [5, 5.41) is 9.83. The Kier molecular flexibility index (Phi) is 7.24. The van der Waals surface area contributed by atoms with Crippen molar-refractivity contribution in [2.75, 3.05) is 0 Å². The van der Waals surface area contributed by atoms with E-state index in [1.807, 2.05) is 54.6 Å². The number of benzene rings is 2. The zero-order chi connectivity index (χ0) is 20.0. The largest absolute Gasteiger partial charge is 0.480 e. The van der Waals surface area contributed by atoms with Gasteiger partial charge in [0.05, 0.1) is 0 Å². The third-order valence-corrected chi connectivity index (χ3v) is 4.55. The lowest BCUT2D eigenvalue weighted by Gasteiger charge is -2.31. The molecule has 0 heterocycles. The van der Waals surface area contributed by atoms with E-state index in [-0.39, 0.29) is 13.0 Å². The van der Waals surface area contributed by atoms with E-state index in [1.165, 1.54) is 4.90 Å². The van der Waals surface area contributed by atoms with Gasteiger partial charge in [-0.1, -0.05) is 42.5 Å². The molecule has 0 saturated carbocycles. The summed E-state index contributed by atoms with van der Waals surface area (Å²) in [6, 6.07) is 15.9. The summed E-state index contributed by atoms with van der Waals surface area (Å²) in [5.74, 6) is -1.06. The fraction of sp³-hybridized carbons (Fsp3) is 0.333. The average molecular weight is 481 g/mol. The van der Waals surface area contributed by atoms with E-state index in [4.69, 9.17) is 4.74 Å². The van der Waals surface area contributed by atoms with E-state index >= 15 is 0 Å². The van der Waals surface area contributed by atoms with Crippen molar-refractivity contribution < 1.29 is 19.4 Å². The van der Waals surface area contributed by atoms with Gasteiger partial charge in [0.25, 0.3) is 0 Å². The van der Waals surface area contributed by atoms with Crippen molar-refractivity contribution in [3.8, 4) is 0 Å². The molecule has 2 rings (SSSR count). The number of nitrogens with zero attached hydrogens (tertiary/aromatic N) is 1. The summed E-state index contributed by atoms with van der Waals surface area (Å²) in [4.78, 5) is 26.1. The van der Waals surface area contributed by atoms with Gasteiger partial charge < -0.3 is 9.84 Å². The molecule has 0 fully saturated rings. The first-order valence-corrected chi connectivity index (χ1v) is 9.74. The van der Waals surface area contributed by atoms with Gasteiger partial charge >= 0.3 is 12.1 Å². The van der Waals surface area contributed by atoms with Crippen molar-refractivity contribution in [2.24, 2.45) is 0 Å². The molecule has 27 heavy (non-hydrogen) atoms. The number of rotatable bonds is 6. The molecule has 6 heteroatoms. The fourth-order valence-electron chi connectivity index (χ4n) is 2.58. The molecule has 0 aliphatic heterocycles. The number of hydrogen-bond donors (Lipinski definition) is 1. The first-order valence-electron chi connectivity index (χ1n) is 8.66. The Bertz CT molecular complexity index is 769. The van der Waals surface area contributed by atoms with Crippen LogP contribution in [0.5, 0.6) is 0 Å². The molecule has 0 saturated heterocycles. The Hall–Kier alpha value is -2.09. The lowest BCUT2D eigenvalue weighted by Crippen LogP contribution is -2.47. The average Bonchev–Trinajstić information content (AvgIpc) is 2.58. The van der Waals surface area contributed by atoms with Gasteiger partial charge in [-0.15, -0.1) is 0 Å². The minimum absolute atomic E-state index is 0.164. The zero-order valence-electron chi connectivity index (χ0n) is 15.7. The Morgan fingerprint density at radius 3 is 2.15 bits per heavy atom. The third-order valence-electron chi connectivity index (χ3n) is 3.83. The molecule has 1 atom stereocenters. The zero-order valence-corrected chi connectivity index (χ0v) is 17.8. The van der Waals surface area contributed by atoms with Crippen LogP contribution >= 0.6 is 22.6 Å². The van der Waals surface area contributed by atoms with Gasteiger partial charge in [-0.2, -0.15) is 0 Å². The molecule has 1 N–H and O–H groups in total. The number of amides is 1. The molecule has 1 amide bonds. The van der Waals surface area contributed by atoms with Crippen molar-refractivity contribution in [1.82, 2.24) is 4.90 Å². The first-order chi connectivity index (χ1) is 12.7. The quantitative estimate of drug-likeness (QED) is 0.607. The van der Waals surface area contributed by atoms with E-state index in [2.05, 4.69) is 22.6 Å². The molecular weight excluding hydrogens is 457 g/mol. The standard InChI is InChI=1S/C21H24INO4/c1-21(2,3)27-20(26)23(14-16-7-5-4-6-8-16)18(19(24)25)13-15-9-11-17(22)12-10-15/h4-12,18H,13-14H2,1-3H3,(H,24,25). The van der Waals surface area contributed by atoms with Crippen LogP contribution in [0.15, 0.2) is 54.6 Å². The van der Waals surface area contributed by atoms with Crippen molar-refractivity contribution in [3.63, 3.8) is 0 Å². The van der Waals surface area contributed by atoms with E-state index in [0.29, 0.717) is 0 Å². The predicted octanol–water partition coefficient (Wildman–Crippen LogP) is 4.72. The number of aliphatic carboxylic acids is 1. The Morgan fingerprint density at radius 2 is 1.63 bits per heavy atom. The highest BCUT2D eigenvalue weighted by Gasteiger charge is 2.33. The van der Waals surface area contributed by atoms with Crippen LogP contribution < -0.4 is 0 Å². The van der Waals surface area contributed by atoms with Gasteiger partial charge in [-0.3, -0.25) is 4.90 Å². The number of carboxylic acids is 1. The summed E-state index contributed by atoms with van der Waals surface area (Å²) >= 11 is 2.20. The maximum absolute atomic E-state index is 12.8. The molecule has 0 aromatic heterocycles. The van der Waals surface area contributed by atoms with Crippen LogP contribution in [0.1, 0.15) is 31.9 Å². The summed E-state index contributed by atoms with van der Waals surface area (Å²) in [5.41, 5.74) is 0.986. The van der Waals surface area contributed by atoms with Crippen LogP contribution in [0.25, 0.3) is 0 Å². The topological polar surface area (TPSA) is 66.8 Å². The molecule has 2 aromatic rings. The van der Waals surface area contributed by atoms with E-state index in [9.17, 15) is 14.7 Å². The number of carbonyl (C=O) groups excluding carboxylic acids is 1. The van der Waals surface area contributed by atoms with Crippen molar-refractivity contribution in [1.29, 1.82) is 0 Å². The van der Waals surface area contributed by atoms with Gasteiger partial charge in [0.2, 0.25) is 0 Å². The second kappa shape index (κ2) is 9.21. The third kappa shape index (κ3) is 6.86. The molecule has 0 aliphatic carbocycles. The van der Waals surface area contributed by atoms with Crippen LogP contribution in [0.4, 0.5) is 4.79 Å². The molecule has 0 spiro atoms.